The van der Waals surface area contributed by atoms with Crippen molar-refractivity contribution in [2.24, 2.45) is 7.05 Å². The monoisotopic (exact) mass is 260 g/mol. The molecular weight excluding hydrogens is 248 g/mol. The second kappa shape index (κ2) is 4.06. The summed E-state index contributed by atoms with van der Waals surface area (Å²) in [6.45, 7) is 0. The summed E-state index contributed by atoms with van der Waals surface area (Å²) >= 11 is 1.55. The van der Waals surface area contributed by atoms with Crippen molar-refractivity contribution in [1.29, 1.82) is 0 Å². The van der Waals surface area contributed by atoms with E-state index in [2.05, 4.69) is 10.3 Å². The molecule has 2 aromatic rings. The van der Waals surface area contributed by atoms with E-state index in [0.29, 0.717) is 11.7 Å². The molecule has 0 radical (unpaired) electrons. The first-order valence-electron chi connectivity index (χ1n) is 5.49. The summed E-state index contributed by atoms with van der Waals surface area (Å²) in [4.78, 5) is 16.7. The lowest BCUT2D eigenvalue weighted by Gasteiger charge is -2.16. The van der Waals surface area contributed by atoms with Crippen molar-refractivity contribution in [1.82, 2.24) is 9.55 Å². The van der Waals surface area contributed by atoms with Gasteiger partial charge in [0.05, 0.1) is 17.1 Å². The number of aromatic nitrogens is 2. The fourth-order valence-electron chi connectivity index (χ4n) is 1.86. The lowest BCUT2D eigenvalue weighted by Crippen LogP contribution is -2.18. The summed E-state index contributed by atoms with van der Waals surface area (Å²) in [6, 6.07) is 5.92. The number of nitrogens with one attached hydrogen (secondary N) is 1. The largest absolute Gasteiger partial charge is 0.369 e. The first-order chi connectivity index (χ1) is 8.63. The first-order valence-corrected chi connectivity index (χ1v) is 6.48. The highest BCUT2D eigenvalue weighted by molar-refractivity contribution is 8.00. The van der Waals surface area contributed by atoms with Crippen molar-refractivity contribution < 1.29 is 4.79 Å². The van der Waals surface area contributed by atoms with Gasteiger partial charge in [0.2, 0.25) is 5.91 Å². The van der Waals surface area contributed by atoms with Crippen LogP contribution < -0.4 is 11.1 Å². The fourth-order valence-corrected chi connectivity index (χ4v) is 2.65. The minimum absolute atomic E-state index is 0.0326. The topological polar surface area (TPSA) is 72.9 Å². The molecule has 0 spiro atoms. The molecule has 0 atom stereocenters. The zero-order valence-electron chi connectivity index (χ0n) is 9.80. The Morgan fingerprint density at radius 1 is 1.50 bits per heavy atom. The van der Waals surface area contributed by atoms with E-state index in [1.54, 1.807) is 16.3 Å². The van der Waals surface area contributed by atoms with Crippen LogP contribution in [0.25, 0.3) is 11.3 Å². The van der Waals surface area contributed by atoms with Crippen LogP contribution in [0, 0.1) is 0 Å². The molecule has 0 aliphatic carbocycles. The molecule has 0 saturated heterocycles. The summed E-state index contributed by atoms with van der Waals surface area (Å²) in [5, 5.41) is 2.87. The SMILES string of the molecule is Cn1cc(-c2ccc3c(c2)NC(=O)CS3)nc1N. The fraction of sp³-hybridized carbons (Fsp3) is 0.167. The highest BCUT2D eigenvalue weighted by atomic mass is 32.2. The number of rotatable bonds is 1. The predicted octanol–water partition coefficient (Wildman–Crippen LogP) is 1.71. The molecule has 0 unspecified atom stereocenters. The smallest absolute Gasteiger partial charge is 0.234 e. The van der Waals surface area contributed by atoms with Gasteiger partial charge >= 0.3 is 0 Å². The molecule has 2 heterocycles. The highest BCUT2D eigenvalue weighted by Gasteiger charge is 2.16. The van der Waals surface area contributed by atoms with Crippen LogP contribution in [0.15, 0.2) is 29.3 Å². The minimum Gasteiger partial charge on any atom is -0.369 e. The molecule has 0 saturated carbocycles. The van der Waals surface area contributed by atoms with Crippen LogP contribution >= 0.6 is 11.8 Å². The van der Waals surface area contributed by atoms with Gasteiger partial charge in [-0.2, -0.15) is 0 Å². The summed E-state index contributed by atoms with van der Waals surface area (Å²) in [7, 11) is 1.85. The molecule has 1 aromatic carbocycles. The van der Waals surface area contributed by atoms with Crippen LogP contribution in [0.1, 0.15) is 0 Å². The number of fused-ring (bicyclic) bond motifs is 1. The maximum absolute atomic E-state index is 11.4. The zero-order valence-corrected chi connectivity index (χ0v) is 10.6. The van der Waals surface area contributed by atoms with Gasteiger partial charge in [0.25, 0.3) is 0 Å². The third-order valence-electron chi connectivity index (χ3n) is 2.82. The standard InChI is InChI=1S/C12H12N4OS/c1-16-5-9(15-12(16)13)7-2-3-10-8(4-7)14-11(17)6-18-10/h2-5H,6H2,1H3,(H2,13,15)(H,14,17). The van der Waals surface area contributed by atoms with Gasteiger partial charge in [-0.05, 0) is 12.1 Å². The molecule has 0 bridgehead atoms. The van der Waals surface area contributed by atoms with Gasteiger partial charge in [-0.15, -0.1) is 11.8 Å². The number of amides is 1. The van der Waals surface area contributed by atoms with E-state index >= 15 is 0 Å². The summed E-state index contributed by atoms with van der Waals surface area (Å²) in [5.41, 5.74) is 8.32. The van der Waals surface area contributed by atoms with E-state index in [1.807, 2.05) is 31.4 Å². The highest BCUT2D eigenvalue weighted by Crippen LogP contribution is 2.34. The molecular formula is C12H12N4OS. The number of carbonyl (C=O) groups is 1. The van der Waals surface area contributed by atoms with Crippen molar-refractivity contribution in [3.8, 4) is 11.3 Å². The summed E-state index contributed by atoms with van der Waals surface area (Å²) in [6.07, 6.45) is 1.87. The van der Waals surface area contributed by atoms with Crippen molar-refractivity contribution in [2.45, 2.75) is 4.90 Å². The Balaban J connectivity index is 2.04. The minimum atomic E-state index is 0.0326. The molecule has 6 heteroatoms. The number of nitrogens with two attached hydrogens (primary N) is 1. The summed E-state index contributed by atoms with van der Waals surface area (Å²) < 4.78 is 1.77. The first kappa shape index (κ1) is 11.2. The molecule has 1 aliphatic heterocycles. The van der Waals surface area contributed by atoms with E-state index in [1.165, 1.54) is 0 Å². The molecule has 1 amide bonds. The van der Waals surface area contributed by atoms with E-state index in [4.69, 9.17) is 5.73 Å². The van der Waals surface area contributed by atoms with Crippen molar-refractivity contribution in [3.63, 3.8) is 0 Å². The second-order valence-electron chi connectivity index (χ2n) is 4.14. The molecule has 5 nitrogen and oxygen atoms in total. The number of anilines is 2. The third kappa shape index (κ3) is 1.84. The Morgan fingerprint density at radius 2 is 2.33 bits per heavy atom. The quantitative estimate of drug-likeness (QED) is 0.818. The molecule has 3 N–H and O–H groups in total. The lowest BCUT2D eigenvalue weighted by molar-refractivity contribution is -0.113. The maximum atomic E-state index is 11.4. The molecule has 3 rings (SSSR count). The van der Waals surface area contributed by atoms with Crippen molar-refractivity contribution >= 4 is 29.3 Å². The van der Waals surface area contributed by atoms with Crippen molar-refractivity contribution in [3.05, 3.63) is 24.4 Å². The third-order valence-corrected chi connectivity index (χ3v) is 3.89. The average Bonchev–Trinajstić information content (AvgIpc) is 2.69. The predicted molar refractivity (Wildman–Crippen MR) is 72.4 cm³/mol. The number of nitrogen functional groups attached to an aromatic ring is 1. The van der Waals surface area contributed by atoms with E-state index in [0.717, 1.165) is 21.8 Å². The van der Waals surface area contributed by atoms with Gasteiger partial charge in [-0.3, -0.25) is 4.79 Å². The number of hydrogen-bond donors (Lipinski definition) is 2. The number of imidazole rings is 1. The van der Waals surface area contributed by atoms with Gasteiger partial charge in [-0.25, -0.2) is 4.98 Å². The van der Waals surface area contributed by atoms with Crippen molar-refractivity contribution in [2.75, 3.05) is 16.8 Å². The number of benzene rings is 1. The number of hydrogen-bond acceptors (Lipinski definition) is 4. The van der Waals surface area contributed by atoms with Gasteiger partial charge < -0.3 is 15.6 Å². The Kier molecular flexibility index (Phi) is 2.52. The van der Waals surface area contributed by atoms with Gasteiger partial charge in [0, 0.05) is 23.7 Å². The number of carbonyl (C=O) groups excluding carboxylic acids is 1. The molecule has 1 aliphatic rings. The Morgan fingerprint density at radius 3 is 3.06 bits per heavy atom. The second-order valence-corrected chi connectivity index (χ2v) is 5.16. The van der Waals surface area contributed by atoms with Crippen LogP contribution in [0.5, 0.6) is 0 Å². The van der Waals surface area contributed by atoms with Crippen LogP contribution in [0.2, 0.25) is 0 Å². The Bertz CT molecular complexity index is 616. The number of nitrogens with zero attached hydrogens (tertiary/aromatic N) is 2. The van der Waals surface area contributed by atoms with E-state index in [9.17, 15) is 4.79 Å². The van der Waals surface area contributed by atoms with Gasteiger partial charge in [0.1, 0.15) is 0 Å². The van der Waals surface area contributed by atoms with Crippen LogP contribution in [0.3, 0.4) is 0 Å². The number of aryl methyl sites for hydroxylation is 1. The van der Waals surface area contributed by atoms with Crippen LogP contribution in [-0.4, -0.2) is 21.2 Å². The summed E-state index contributed by atoms with van der Waals surface area (Å²) in [5.74, 6) is 0.981. The molecule has 1 aromatic heterocycles. The lowest BCUT2D eigenvalue weighted by atomic mass is 10.1. The van der Waals surface area contributed by atoms with E-state index < -0.39 is 0 Å². The Hall–Kier alpha value is -1.95. The molecule has 0 fully saturated rings. The molecule has 18 heavy (non-hydrogen) atoms. The van der Waals surface area contributed by atoms with Crippen LogP contribution in [0.4, 0.5) is 11.6 Å². The average molecular weight is 260 g/mol. The van der Waals surface area contributed by atoms with E-state index in [-0.39, 0.29) is 5.91 Å². The molecule has 92 valence electrons. The van der Waals surface area contributed by atoms with Gasteiger partial charge in [0.15, 0.2) is 5.95 Å². The van der Waals surface area contributed by atoms with Crippen LogP contribution in [-0.2, 0) is 11.8 Å². The van der Waals surface area contributed by atoms with Gasteiger partial charge in [-0.1, -0.05) is 6.07 Å². The maximum Gasteiger partial charge on any atom is 0.234 e. The normalized spacial score (nSPS) is 14.2. The Labute approximate surface area is 108 Å². The number of thioether (sulfide) groups is 1. The zero-order chi connectivity index (χ0) is 12.7.